The van der Waals surface area contributed by atoms with Gasteiger partial charge in [0.15, 0.2) is 5.01 Å². The fraction of sp³-hybridized carbons (Fsp3) is 0.688. The first-order valence-corrected chi connectivity index (χ1v) is 9.21. The fourth-order valence-electron chi connectivity index (χ4n) is 3.11. The Morgan fingerprint density at radius 1 is 1.50 bits per heavy atom. The molecule has 1 aromatic heterocycles. The topological polar surface area (TPSA) is 91.8 Å². The summed E-state index contributed by atoms with van der Waals surface area (Å²) in [5.41, 5.74) is -0.599. The smallest absolute Gasteiger partial charge is 0.280 e. The summed E-state index contributed by atoms with van der Waals surface area (Å²) in [6.07, 6.45) is 3.02. The molecule has 0 aromatic carbocycles. The second-order valence-electron chi connectivity index (χ2n) is 6.55. The molecule has 2 amide bonds. The maximum atomic E-state index is 12.4. The van der Waals surface area contributed by atoms with E-state index in [1.54, 1.807) is 5.38 Å². The molecule has 2 aliphatic rings. The van der Waals surface area contributed by atoms with Crippen LogP contribution in [0.3, 0.4) is 0 Å². The molecule has 0 bridgehead atoms. The van der Waals surface area contributed by atoms with E-state index < -0.39 is 5.60 Å². The summed E-state index contributed by atoms with van der Waals surface area (Å²) in [6, 6.07) is 0.222. The predicted molar refractivity (Wildman–Crippen MR) is 89.2 cm³/mol. The molecule has 0 radical (unpaired) electrons. The van der Waals surface area contributed by atoms with Gasteiger partial charge in [-0.15, -0.1) is 11.3 Å². The Hall–Kier alpha value is -1.51. The lowest BCUT2D eigenvalue weighted by atomic mass is 9.94. The molecule has 3 rings (SSSR count). The van der Waals surface area contributed by atoms with E-state index >= 15 is 0 Å². The molecule has 0 saturated carbocycles. The van der Waals surface area contributed by atoms with E-state index in [0.29, 0.717) is 31.7 Å². The number of amides is 2. The summed E-state index contributed by atoms with van der Waals surface area (Å²) >= 11 is 1.15. The third-order valence-electron chi connectivity index (χ3n) is 4.73. The Kier molecular flexibility index (Phi) is 5.17. The maximum absolute atomic E-state index is 12.4. The number of carbonyl (C=O) groups excluding carboxylic acids is 2. The highest BCUT2D eigenvalue weighted by Gasteiger charge is 2.31. The highest BCUT2D eigenvalue weighted by Crippen LogP contribution is 2.21. The van der Waals surface area contributed by atoms with Crippen LogP contribution in [0, 0.1) is 0 Å². The number of hydrogen-bond acceptors (Lipinski definition) is 6. The van der Waals surface area contributed by atoms with Crippen molar-refractivity contribution in [2.45, 2.75) is 44.2 Å². The number of hydrogen-bond donors (Lipinski definition) is 2. The van der Waals surface area contributed by atoms with E-state index in [1.807, 2.05) is 11.8 Å². The number of thiazole rings is 1. The van der Waals surface area contributed by atoms with Crippen molar-refractivity contribution in [3.8, 4) is 0 Å². The zero-order valence-corrected chi connectivity index (χ0v) is 14.6. The lowest BCUT2D eigenvalue weighted by Gasteiger charge is -2.31. The van der Waals surface area contributed by atoms with Crippen molar-refractivity contribution in [3.05, 3.63) is 16.1 Å². The molecule has 0 spiro atoms. The molecule has 2 N–H and O–H groups in total. The van der Waals surface area contributed by atoms with Gasteiger partial charge in [-0.1, -0.05) is 0 Å². The molecule has 2 aliphatic heterocycles. The first kappa shape index (κ1) is 17.3. The number of carbonyl (C=O) groups is 2. The average Bonchev–Trinajstić information content (AvgIpc) is 3.22. The van der Waals surface area contributed by atoms with E-state index in [4.69, 9.17) is 4.74 Å². The Labute approximate surface area is 145 Å². The fourth-order valence-corrected chi connectivity index (χ4v) is 3.81. The summed E-state index contributed by atoms with van der Waals surface area (Å²) in [4.78, 5) is 30.6. The number of ether oxygens (including phenoxy) is 1. The molecule has 0 unspecified atom stereocenters. The van der Waals surface area contributed by atoms with Gasteiger partial charge in [0.1, 0.15) is 5.69 Å². The van der Waals surface area contributed by atoms with E-state index in [1.165, 1.54) is 0 Å². The van der Waals surface area contributed by atoms with Gasteiger partial charge in [-0.25, -0.2) is 4.98 Å². The first-order valence-electron chi connectivity index (χ1n) is 8.33. The Bertz CT molecular complexity index is 612. The van der Waals surface area contributed by atoms with Crippen molar-refractivity contribution in [3.63, 3.8) is 0 Å². The number of likely N-dealkylation sites (tertiary alicyclic amines) is 1. The van der Waals surface area contributed by atoms with Gasteiger partial charge in [0, 0.05) is 50.6 Å². The van der Waals surface area contributed by atoms with Crippen molar-refractivity contribution in [2.24, 2.45) is 0 Å². The van der Waals surface area contributed by atoms with Crippen LogP contribution >= 0.6 is 11.3 Å². The first-order chi connectivity index (χ1) is 11.5. The van der Waals surface area contributed by atoms with Crippen LogP contribution < -0.4 is 5.32 Å². The number of aliphatic hydroxyl groups is 1. The van der Waals surface area contributed by atoms with Crippen LogP contribution in [0.25, 0.3) is 0 Å². The minimum atomic E-state index is -0.922. The summed E-state index contributed by atoms with van der Waals surface area (Å²) < 4.78 is 5.22. The van der Waals surface area contributed by atoms with Gasteiger partial charge in [0.2, 0.25) is 0 Å². The Balaban J connectivity index is 1.58. The predicted octanol–water partition coefficient (Wildman–Crippen LogP) is 1.04. The van der Waals surface area contributed by atoms with Crippen LogP contribution in [-0.2, 0) is 4.74 Å². The van der Waals surface area contributed by atoms with Crippen molar-refractivity contribution < 1.29 is 19.4 Å². The number of rotatable bonds is 4. The molecule has 7 nitrogen and oxygen atoms in total. The summed E-state index contributed by atoms with van der Waals surface area (Å²) in [5.74, 6) is -0.466. The van der Waals surface area contributed by atoms with Gasteiger partial charge in [-0.2, -0.15) is 0 Å². The van der Waals surface area contributed by atoms with Gasteiger partial charge in [0.25, 0.3) is 11.8 Å². The monoisotopic (exact) mass is 353 g/mol. The van der Waals surface area contributed by atoms with Gasteiger partial charge in [0.05, 0.1) is 5.60 Å². The molecule has 1 aromatic rings. The molecule has 8 heteroatoms. The third-order valence-corrected chi connectivity index (χ3v) is 5.57. The van der Waals surface area contributed by atoms with Crippen molar-refractivity contribution in [2.75, 3.05) is 26.3 Å². The number of nitrogens with one attached hydrogen (secondary N) is 1. The molecule has 24 heavy (non-hydrogen) atoms. The zero-order valence-electron chi connectivity index (χ0n) is 13.8. The SMILES string of the molecule is C[C@H]1CCCN1C(=O)c1csc(C(=O)NCC2(O)CCOCC2)n1. The molecule has 132 valence electrons. The molecule has 1 atom stereocenters. The quantitative estimate of drug-likeness (QED) is 0.844. The molecular formula is C16H23N3O4S. The summed E-state index contributed by atoms with van der Waals surface area (Å²) in [6.45, 7) is 3.93. The largest absolute Gasteiger partial charge is 0.388 e. The normalized spacial score (nSPS) is 23.2. The number of nitrogens with zero attached hydrogens (tertiary/aromatic N) is 2. The molecule has 2 saturated heterocycles. The zero-order chi connectivity index (χ0) is 17.2. The highest BCUT2D eigenvalue weighted by atomic mass is 32.1. The number of aromatic nitrogens is 1. The summed E-state index contributed by atoms with van der Waals surface area (Å²) in [5, 5.41) is 15.0. The second kappa shape index (κ2) is 7.16. The van der Waals surface area contributed by atoms with Crippen molar-refractivity contribution in [1.82, 2.24) is 15.2 Å². The Morgan fingerprint density at radius 3 is 2.92 bits per heavy atom. The molecule has 3 heterocycles. The summed E-state index contributed by atoms with van der Waals surface area (Å²) in [7, 11) is 0. The Morgan fingerprint density at radius 2 is 2.25 bits per heavy atom. The van der Waals surface area contributed by atoms with Gasteiger partial charge < -0.3 is 20.1 Å². The van der Waals surface area contributed by atoms with Crippen LogP contribution in [0.15, 0.2) is 5.38 Å². The van der Waals surface area contributed by atoms with E-state index in [-0.39, 0.29) is 29.4 Å². The average molecular weight is 353 g/mol. The van der Waals surface area contributed by atoms with E-state index in [9.17, 15) is 14.7 Å². The minimum Gasteiger partial charge on any atom is -0.388 e. The lowest BCUT2D eigenvalue weighted by molar-refractivity contribution is -0.0605. The molecule has 0 aliphatic carbocycles. The second-order valence-corrected chi connectivity index (χ2v) is 7.41. The van der Waals surface area contributed by atoms with Gasteiger partial charge in [-0.05, 0) is 19.8 Å². The minimum absolute atomic E-state index is 0.113. The standard InChI is InChI=1S/C16H23N3O4S/c1-11-3-2-6-19(11)15(21)12-9-24-14(18-12)13(20)17-10-16(22)4-7-23-8-5-16/h9,11,22H,2-8,10H2,1H3,(H,17,20)/t11-/m0/s1. The van der Waals surface area contributed by atoms with E-state index in [0.717, 1.165) is 30.7 Å². The van der Waals surface area contributed by atoms with Crippen molar-refractivity contribution >= 4 is 23.2 Å². The van der Waals surface area contributed by atoms with Gasteiger partial charge >= 0.3 is 0 Å². The maximum Gasteiger partial charge on any atom is 0.280 e. The highest BCUT2D eigenvalue weighted by molar-refractivity contribution is 7.11. The van der Waals surface area contributed by atoms with Crippen LogP contribution in [-0.4, -0.2) is 64.8 Å². The molecule has 2 fully saturated rings. The van der Waals surface area contributed by atoms with Gasteiger partial charge in [-0.3, -0.25) is 9.59 Å². The van der Waals surface area contributed by atoms with E-state index in [2.05, 4.69) is 10.3 Å². The van der Waals surface area contributed by atoms with Crippen molar-refractivity contribution in [1.29, 1.82) is 0 Å². The van der Waals surface area contributed by atoms with Crippen LogP contribution in [0.5, 0.6) is 0 Å². The van der Waals surface area contributed by atoms with Crippen LogP contribution in [0.2, 0.25) is 0 Å². The third kappa shape index (κ3) is 3.76. The lowest BCUT2D eigenvalue weighted by Crippen LogP contribution is -2.46. The molecular weight excluding hydrogens is 330 g/mol. The van der Waals surface area contributed by atoms with Crippen LogP contribution in [0.4, 0.5) is 0 Å². The van der Waals surface area contributed by atoms with Crippen LogP contribution in [0.1, 0.15) is 52.9 Å².